The Morgan fingerprint density at radius 1 is 0.852 bits per heavy atom. The lowest BCUT2D eigenvalue weighted by Crippen LogP contribution is -2.46. The fourth-order valence-corrected chi connectivity index (χ4v) is 3.75. The highest BCUT2D eigenvalue weighted by atomic mass is 35.5. The van der Waals surface area contributed by atoms with Crippen LogP contribution in [-0.2, 0) is 0 Å². The molecule has 4 rings (SSSR count). The molecule has 0 aliphatic carbocycles. The zero-order valence-corrected chi connectivity index (χ0v) is 17.2. The van der Waals surface area contributed by atoms with Crippen LogP contribution in [0.15, 0.2) is 48.5 Å². The fraction of sp³-hybridized carbons (Fsp3) is 0.348. The number of fused-ring (bicyclic) bond motifs is 1. The summed E-state index contributed by atoms with van der Waals surface area (Å²) in [6, 6.07) is 17.6. The van der Waals surface area contributed by atoms with Gasteiger partial charge in [0.15, 0.2) is 0 Å². The number of anilines is 1. The highest BCUT2D eigenvalue weighted by Crippen LogP contribution is 2.31. The maximum Gasteiger partial charge on any atom is 0.137 e. The standard InChI is InChI=1S/C23H27N3.ClH/c1-4-25-11-13-26(14-12-25)23-21-10-7-18(3)15-20(21)16-22(24-23)19-8-5-17(2)6-9-19;/h5-10,15-16H,4,11-14H2,1-3H3;1H. The maximum absolute atomic E-state index is 5.11. The van der Waals surface area contributed by atoms with E-state index in [-0.39, 0.29) is 12.4 Å². The van der Waals surface area contributed by atoms with Gasteiger partial charge in [-0.1, -0.05) is 60.5 Å². The van der Waals surface area contributed by atoms with E-state index >= 15 is 0 Å². The Hall–Kier alpha value is -2.10. The zero-order valence-electron chi connectivity index (χ0n) is 16.4. The predicted molar refractivity (Wildman–Crippen MR) is 118 cm³/mol. The minimum absolute atomic E-state index is 0. The second-order valence-electron chi connectivity index (χ2n) is 7.34. The third kappa shape index (κ3) is 4.10. The first-order valence-electron chi connectivity index (χ1n) is 9.60. The number of hydrogen-bond donors (Lipinski definition) is 0. The third-order valence-corrected chi connectivity index (χ3v) is 5.43. The predicted octanol–water partition coefficient (Wildman–Crippen LogP) is 5.08. The van der Waals surface area contributed by atoms with Crippen LogP contribution in [0.25, 0.3) is 22.0 Å². The van der Waals surface area contributed by atoms with Gasteiger partial charge in [0.25, 0.3) is 0 Å². The zero-order chi connectivity index (χ0) is 18.1. The molecule has 2 aromatic carbocycles. The quantitative estimate of drug-likeness (QED) is 0.630. The molecule has 1 fully saturated rings. The monoisotopic (exact) mass is 381 g/mol. The first-order valence-corrected chi connectivity index (χ1v) is 9.60. The molecule has 0 atom stereocenters. The smallest absolute Gasteiger partial charge is 0.137 e. The molecule has 0 spiro atoms. The van der Waals surface area contributed by atoms with Crippen molar-refractivity contribution in [3.8, 4) is 11.3 Å². The van der Waals surface area contributed by atoms with Crippen molar-refractivity contribution < 1.29 is 0 Å². The highest BCUT2D eigenvalue weighted by Gasteiger charge is 2.19. The van der Waals surface area contributed by atoms with E-state index in [9.17, 15) is 0 Å². The van der Waals surface area contributed by atoms with Crippen molar-refractivity contribution in [1.29, 1.82) is 0 Å². The van der Waals surface area contributed by atoms with E-state index in [0.717, 1.165) is 44.2 Å². The molecule has 0 N–H and O–H groups in total. The lowest BCUT2D eigenvalue weighted by atomic mass is 10.0. The molecular formula is C23H28ClN3. The number of benzene rings is 2. The van der Waals surface area contributed by atoms with Crippen LogP contribution in [0.3, 0.4) is 0 Å². The summed E-state index contributed by atoms with van der Waals surface area (Å²) in [5.74, 6) is 1.13. The molecule has 0 saturated carbocycles. The van der Waals surface area contributed by atoms with Gasteiger partial charge in [-0.05, 0) is 31.8 Å². The Bertz CT molecular complexity index is 913. The summed E-state index contributed by atoms with van der Waals surface area (Å²) in [5, 5.41) is 2.54. The largest absolute Gasteiger partial charge is 0.354 e. The van der Waals surface area contributed by atoms with Crippen LogP contribution in [0, 0.1) is 13.8 Å². The Morgan fingerprint density at radius 2 is 1.52 bits per heavy atom. The van der Waals surface area contributed by atoms with Crippen molar-refractivity contribution in [3.63, 3.8) is 0 Å². The molecule has 3 aromatic rings. The van der Waals surface area contributed by atoms with E-state index in [0.29, 0.717) is 0 Å². The molecule has 3 nitrogen and oxygen atoms in total. The van der Waals surface area contributed by atoms with E-state index < -0.39 is 0 Å². The van der Waals surface area contributed by atoms with Crippen LogP contribution in [-0.4, -0.2) is 42.6 Å². The minimum Gasteiger partial charge on any atom is -0.354 e. The van der Waals surface area contributed by atoms with Gasteiger partial charge >= 0.3 is 0 Å². The maximum atomic E-state index is 5.11. The van der Waals surface area contributed by atoms with Gasteiger partial charge in [-0.3, -0.25) is 0 Å². The van der Waals surface area contributed by atoms with Crippen LogP contribution in [0.1, 0.15) is 18.1 Å². The van der Waals surface area contributed by atoms with Crippen molar-refractivity contribution in [2.45, 2.75) is 20.8 Å². The number of aromatic nitrogens is 1. The number of nitrogens with zero attached hydrogens (tertiary/aromatic N) is 3. The fourth-order valence-electron chi connectivity index (χ4n) is 3.75. The molecule has 0 bridgehead atoms. The molecule has 1 aliphatic rings. The molecule has 1 aromatic heterocycles. The van der Waals surface area contributed by atoms with Gasteiger partial charge in [-0.2, -0.15) is 0 Å². The molecular weight excluding hydrogens is 354 g/mol. The lowest BCUT2D eigenvalue weighted by Gasteiger charge is -2.35. The van der Waals surface area contributed by atoms with E-state index in [1.807, 2.05) is 0 Å². The molecule has 0 amide bonds. The molecule has 0 unspecified atom stereocenters. The molecule has 1 aliphatic heterocycles. The van der Waals surface area contributed by atoms with Crippen LogP contribution in [0.5, 0.6) is 0 Å². The van der Waals surface area contributed by atoms with Gasteiger partial charge in [0.1, 0.15) is 5.82 Å². The Kier molecular flexibility index (Phi) is 6.03. The molecule has 142 valence electrons. The molecule has 27 heavy (non-hydrogen) atoms. The van der Waals surface area contributed by atoms with E-state index in [4.69, 9.17) is 4.98 Å². The summed E-state index contributed by atoms with van der Waals surface area (Å²) < 4.78 is 0. The van der Waals surface area contributed by atoms with Crippen LogP contribution in [0.2, 0.25) is 0 Å². The van der Waals surface area contributed by atoms with Crippen LogP contribution >= 0.6 is 12.4 Å². The summed E-state index contributed by atoms with van der Waals surface area (Å²) in [6.45, 7) is 12.0. The van der Waals surface area contributed by atoms with Crippen molar-refractivity contribution in [2.24, 2.45) is 0 Å². The number of halogens is 1. The van der Waals surface area contributed by atoms with Crippen LogP contribution in [0.4, 0.5) is 5.82 Å². The summed E-state index contributed by atoms with van der Waals surface area (Å²) >= 11 is 0. The average molecular weight is 382 g/mol. The van der Waals surface area contributed by atoms with E-state index in [2.05, 4.69) is 79.1 Å². The van der Waals surface area contributed by atoms with Gasteiger partial charge in [0.2, 0.25) is 0 Å². The number of piperazine rings is 1. The van der Waals surface area contributed by atoms with Crippen LogP contribution < -0.4 is 4.90 Å². The van der Waals surface area contributed by atoms with Crippen molar-refractivity contribution in [1.82, 2.24) is 9.88 Å². The van der Waals surface area contributed by atoms with Crippen molar-refractivity contribution in [2.75, 3.05) is 37.6 Å². The lowest BCUT2D eigenvalue weighted by molar-refractivity contribution is 0.271. The SMILES string of the molecule is CCN1CCN(c2nc(-c3ccc(C)cc3)cc3cc(C)ccc23)CC1.Cl. The first kappa shape index (κ1) is 19.7. The van der Waals surface area contributed by atoms with Crippen molar-refractivity contribution >= 4 is 29.0 Å². The first-order chi connectivity index (χ1) is 12.6. The normalized spacial score (nSPS) is 15.0. The second kappa shape index (κ2) is 8.28. The second-order valence-corrected chi connectivity index (χ2v) is 7.34. The number of rotatable bonds is 3. The van der Waals surface area contributed by atoms with Gasteiger partial charge in [-0.25, -0.2) is 4.98 Å². The van der Waals surface area contributed by atoms with Crippen molar-refractivity contribution in [3.05, 3.63) is 59.7 Å². The topological polar surface area (TPSA) is 19.4 Å². The van der Waals surface area contributed by atoms with E-state index in [1.165, 1.54) is 27.5 Å². The summed E-state index contributed by atoms with van der Waals surface area (Å²) in [7, 11) is 0. The summed E-state index contributed by atoms with van der Waals surface area (Å²) in [5.41, 5.74) is 4.82. The van der Waals surface area contributed by atoms with Gasteiger partial charge in [-0.15, -0.1) is 12.4 Å². The number of likely N-dealkylation sites (N-methyl/N-ethyl adjacent to an activating group) is 1. The van der Waals surface area contributed by atoms with Gasteiger partial charge in [0.05, 0.1) is 5.69 Å². The molecule has 4 heteroatoms. The summed E-state index contributed by atoms with van der Waals surface area (Å²) in [4.78, 5) is 10.1. The molecule has 0 radical (unpaired) electrons. The summed E-state index contributed by atoms with van der Waals surface area (Å²) in [6.07, 6.45) is 0. The Morgan fingerprint density at radius 3 is 2.19 bits per heavy atom. The number of hydrogen-bond acceptors (Lipinski definition) is 3. The minimum atomic E-state index is 0. The average Bonchev–Trinajstić information content (AvgIpc) is 2.67. The highest BCUT2D eigenvalue weighted by molar-refractivity contribution is 5.95. The molecule has 1 saturated heterocycles. The molecule has 2 heterocycles. The van der Waals surface area contributed by atoms with E-state index in [1.54, 1.807) is 0 Å². The third-order valence-electron chi connectivity index (χ3n) is 5.43. The van der Waals surface area contributed by atoms with Gasteiger partial charge in [0, 0.05) is 37.1 Å². The Labute approximate surface area is 168 Å². The number of aryl methyl sites for hydroxylation is 2. The van der Waals surface area contributed by atoms with Gasteiger partial charge < -0.3 is 9.80 Å². The Balaban J connectivity index is 0.00000210. The number of pyridine rings is 1.